The fourth-order valence-electron chi connectivity index (χ4n) is 2.46. The molecule has 7 heteroatoms. The van der Waals surface area contributed by atoms with Crippen molar-refractivity contribution in [3.05, 3.63) is 41.5 Å². The van der Waals surface area contributed by atoms with Crippen molar-refractivity contribution in [2.75, 3.05) is 11.4 Å². The molecule has 0 aliphatic carbocycles. The summed E-state index contributed by atoms with van der Waals surface area (Å²) in [5, 5.41) is 3.80. The standard InChI is InChI=1S/C19H27FN4OS/c1-5-14(4)21-18(25)10-11-24(13(2)3)19-22-17(23-26-19)12-15-6-8-16(20)9-7-15/h6-9,13-14H,5,10-12H2,1-4H3,(H,21,25). The summed E-state index contributed by atoms with van der Waals surface area (Å²) in [4.78, 5) is 18.8. The number of nitrogens with zero attached hydrogens (tertiary/aromatic N) is 3. The van der Waals surface area contributed by atoms with Crippen LogP contribution in [0.2, 0.25) is 0 Å². The van der Waals surface area contributed by atoms with Gasteiger partial charge in [0.1, 0.15) is 11.6 Å². The molecule has 2 aromatic rings. The van der Waals surface area contributed by atoms with Crippen LogP contribution >= 0.6 is 11.5 Å². The van der Waals surface area contributed by atoms with Gasteiger partial charge in [-0.15, -0.1) is 0 Å². The monoisotopic (exact) mass is 378 g/mol. The molecule has 0 spiro atoms. The molecule has 1 atom stereocenters. The Labute approximate surface area is 158 Å². The van der Waals surface area contributed by atoms with E-state index < -0.39 is 0 Å². The Kier molecular flexibility index (Phi) is 7.50. The molecule has 1 heterocycles. The van der Waals surface area contributed by atoms with Crippen LogP contribution in [0.15, 0.2) is 24.3 Å². The molecule has 0 aliphatic rings. The first-order valence-corrected chi connectivity index (χ1v) is 9.79. The SMILES string of the molecule is CCC(C)NC(=O)CCN(c1nc(Cc2ccc(F)cc2)ns1)C(C)C. The minimum atomic E-state index is -0.248. The summed E-state index contributed by atoms with van der Waals surface area (Å²) >= 11 is 1.34. The van der Waals surface area contributed by atoms with E-state index in [1.165, 1.54) is 23.7 Å². The van der Waals surface area contributed by atoms with Gasteiger partial charge in [0.15, 0.2) is 0 Å². The lowest BCUT2D eigenvalue weighted by Gasteiger charge is -2.25. The molecular formula is C19H27FN4OS. The van der Waals surface area contributed by atoms with Gasteiger partial charge in [-0.2, -0.15) is 4.37 Å². The second-order valence-corrected chi connectivity index (χ2v) is 7.44. The van der Waals surface area contributed by atoms with Crippen LogP contribution in [0.3, 0.4) is 0 Å². The van der Waals surface area contributed by atoms with Crippen LogP contribution in [0.1, 0.15) is 51.9 Å². The fraction of sp³-hybridized carbons (Fsp3) is 0.526. The highest BCUT2D eigenvalue weighted by atomic mass is 32.1. The van der Waals surface area contributed by atoms with Gasteiger partial charge in [-0.25, -0.2) is 9.37 Å². The van der Waals surface area contributed by atoms with Crippen LogP contribution in [0, 0.1) is 5.82 Å². The van der Waals surface area contributed by atoms with Gasteiger partial charge in [-0.1, -0.05) is 19.1 Å². The molecule has 0 saturated heterocycles. The Hall–Kier alpha value is -2.02. The third-order valence-electron chi connectivity index (χ3n) is 4.20. The van der Waals surface area contributed by atoms with E-state index in [9.17, 15) is 9.18 Å². The number of carbonyl (C=O) groups is 1. The summed E-state index contributed by atoms with van der Waals surface area (Å²) < 4.78 is 17.4. The van der Waals surface area contributed by atoms with Gasteiger partial charge in [0.25, 0.3) is 0 Å². The zero-order valence-electron chi connectivity index (χ0n) is 15.8. The van der Waals surface area contributed by atoms with E-state index in [1.54, 1.807) is 12.1 Å². The molecule has 1 aromatic heterocycles. The van der Waals surface area contributed by atoms with Crippen molar-refractivity contribution < 1.29 is 9.18 Å². The number of rotatable bonds is 9. The third kappa shape index (κ3) is 6.05. The Bertz CT molecular complexity index is 702. The molecule has 0 bridgehead atoms. The van der Waals surface area contributed by atoms with Crippen molar-refractivity contribution in [2.24, 2.45) is 0 Å². The number of anilines is 1. The maximum absolute atomic E-state index is 13.0. The quantitative estimate of drug-likeness (QED) is 0.721. The number of nitrogens with one attached hydrogen (secondary N) is 1. The Balaban J connectivity index is 1.98. The molecule has 0 fully saturated rings. The maximum atomic E-state index is 13.0. The van der Waals surface area contributed by atoms with Gasteiger partial charge in [0, 0.05) is 43.0 Å². The molecule has 1 unspecified atom stereocenters. The minimum absolute atomic E-state index is 0.0565. The summed E-state index contributed by atoms with van der Waals surface area (Å²) in [6.45, 7) is 8.81. The number of amides is 1. The van der Waals surface area contributed by atoms with Crippen LogP contribution in [-0.4, -0.2) is 33.9 Å². The van der Waals surface area contributed by atoms with Gasteiger partial charge < -0.3 is 10.2 Å². The summed E-state index contributed by atoms with van der Waals surface area (Å²) in [5.41, 5.74) is 0.972. The Morgan fingerprint density at radius 2 is 1.96 bits per heavy atom. The maximum Gasteiger partial charge on any atom is 0.221 e. The molecular weight excluding hydrogens is 351 g/mol. The summed E-state index contributed by atoms with van der Waals surface area (Å²) in [6, 6.07) is 6.79. The molecule has 0 radical (unpaired) electrons. The van der Waals surface area contributed by atoms with Gasteiger partial charge in [-0.3, -0.25) is 4.79 Å². The zero-order chi connectivity index (χ0) is 19.1. The summed E-state index contributed by atoms with van der Waals surface area (Å²) in [5.74, 6) is 0.523. The number of carbonyl (C=O) groups excluding carboxylic acids is 1. The number of benzene rings is 1. The Morgan fingerprint density at radius 1 is 1.27 bits per heavy atom. The molecule has 0 aliphatic heterocycles. The van der Waals surface area contributed by atoms with E-state index in [0.717, 1.165) is 17.1 Å². The average molecular weight is 379 g/mol. The van der Waals surface area contributed by atoms with Crippen LogP contribution in [0.25, 0.3) is 0 Å². The number of hydrogen-bond donors (Lipinski definition) is 1. The first-order chi connectivity index (χ1) is 12.4. The van der Waals surface area contributed by atoms with E-state index in [4.69, 9.17) is 0 Å². The van der Waals surface area contributed by atoms with E-state index in [1.807, 2.05) is 6.92 Å². The lowest BCUT2D eigenvalue weighted by Crippen LogP contribution is -2.37. The highest BCUT2D eigenvalue weighted by Gasteiger charge is 2.17. The van der Waals surface area contributed by atoms with Crippen molar-refractivity contribution in [2.45, 2.75) is 59.0 Å². The molecule has 0 saturated carbocycles. The Morgan fingerprint density at radius 3 is 2.58 bits per heavy atom. The summed E-state index contributed by atoms with van der Waals surface area (Å²) in [6.07, 6.45) is 1.91. The average Bonchev–Trinajstić information content (AvgIpc) is 3.04. The summed E-state index contributed by atoms with van der Waals surface area (Å²) in [7, 11) is 0. The highest BCUT2D eigenvalue weighted by molar-refractivity contribution is 7.09. The molecule has 1 aromatic carbocycles. The number of hydrogen-bond acceptors (Lipinski definition) is 5. The van der Waals surface area contributed by atoms with Crippen molar-refractivity contribution in [3.8, 4) is 0 Å². The fourth-order valence-corrected chi connectivity index (χ4v) is 3.31. The molecule has 26 heavy (non-hydrogen) atoms. The third-order valence-corrected chi connectivity index (χ3v) is 4.99. The number of aromatic nitrogens is 2. The lowest BCUT2D eigenvalue weighted by molar-refractivity contribution is -0.121. The van der Waals surface area contributed by atoms with Gasteiger partial charge in [-0.05, 0) is 44.9 Å². The van der Waals surface area contributed by atoms with Crippen LogP contribution in [0.5, 0.6) is 0 Å². The molecule has 5 nitrogen and oxygen atoms in total. The van der Waals surface area contributed by atoms with Gasteiger partial charge >= 0.3 is 0 Å². The van der Waals surface area contributed by atoms with Gasteiger partial charge in [0.05, 0.1) is 0 Å². The first-order valence-electron chi connectivity index (χ1n) is 9.02. The molecule has 1 amide bonds. The number of halogens is 1. The van der Waals surface area contributed by atoms with Gasteiger partial charge in [0.2, 0.25) is 11.0 Å². The second-order valence-electron chi connectivity index (χ2n) is 6.71. The lowest BCUT2D eigenvalue weighted by atomic mass is 10.1. The van der Waals surface area contributed by atoms with Crippen LogP contribution in [-0.2, 0) is 11.2 Å². The van der Waals surface area contributed by atoms with E-state index in [-0.39, 0.29) is 23.8 Å². The van der Waals surface area contributed by atoms with Crippen molar-refractivity contribution in [1.82, 2.24) is 14.7 Å². The first kappa shape index (κ1) is 20.3. The molecule has 1 N–H and O–H groups in total. The zero-order valence-corrected chi connectivity index (χ0v) is 16.6. The molecule has 142 valence electrons. The topological polar surface area (TPSA) is 58.1 Å². The normalized spacial score (nSPS) is 12.2. The predicted molar refractivity (Wildman–Crippen MR) is 104 cm³/mol. The smallest absolute Gasteiger partial charge is 0.221 e. The second kappa shape index (κ2) is 9.62. The van der Waals surface area contributed by atoms with Crippen LogP contribution in [0.4, 0.5) is 9.52 Å². The minimum Gasteiger partial charge on any atom is -0.354 e. The van der Waals surface area contributed by atoms with Crippen molar-refractivity contribution in [1.29, 1.82) is 0 Å². The predicted octanol–water partition coefficient (Wildman–Crippen LogP) is 3.79. The highest BCUT2D eigenvalue weighted by Crippen LogP contribution is 2.21. The molecule has 2 rings (SSSR count). The van der Waals surface area contributed by atoms with E-state index in [2.05, 4.69) is 40.3 Å². The van der Waals surface area contributed by atoms with Crippen LogP contribution < -0.4 is 10.2 Å². The van der Waals surface area contributed by atoms with E-state index in [0.29, 0.717) is 25.2 Å². The van der Waals surface area contributed by atoms with E-state index >= 15 is 0 Å². The van der Waals surface area contributed by atoms with Crippen molar-refractivity contribution >= 4 is 22.6 Å². The largest absolute Gasteiger partial charge is 0.354 e. The van der Waals surface area contributed by atoms with Crippen molar-refractivity contribution in [3.63, 3.8) is 0 Å².